The fourth-order valence-corrected chi connectivity index (χ4v) is 3.78. The molecule has 126 valence electrons. The predicted molar refractivity (Wildman–Crippen MR) is 91.3 cm³/mol. The van der Waals surface area contributed by atoms with Gasteiger partial charge < -0.3 is 14.6 Å². The number of carbonyl (C=O) groups is 1. The van der Waals surface area contributed by atoms with E-state index in [1.807, 2.05) is 12.1 Å². The van der Waals surface area contributed by atoms with E-state index in [0.717, 1.165) is 39.0 Å². The Hall–Kier alpha value is -1.55. The molecular formula is C19H28N2O2. The van der Waals surface area contributed by atoms with Crippen LogP contribution in [-0.4, -0.2) is 30.2 Å². The standard InChI is InChI=1S/C19H28N2O2/c22-18(20-11-8-17-6-2-1-3-7-17)16-19(9-14-23-15-10-19)21-12-4-5-13-21/h4-6,12-13H,1-3,7-11,14-16H2,(H,20,22). The molecule has 1 amide bonds. The van der Waals surface area contributed by atoms with Gasteiger partial charge in [0.15, 0.2) is 0 Å². The van der Waals surface area contributed by atoms with Crippen molar-refractivity contribution in [3.05, 3.63) is 36.2 Å². The highest BCUT2D eigenvalue weighted by molar-refractivity contribution is 5.77. The fraction of sp³-hybridized carbons (Fsp3) is 0.632. The molecular weight excluding hydrogens is 288 g/mol. The van der Waals surface area contributed by atoms with Crippen LogP contribution in [0.3, 0.4) is 0 Å². The van der Waals surface area contributed by atoms with Gasteiger partial charge in [-0.05, 0) is 57.1 Å². The molecule has 2 aliphatic rings. The Morgan fingerprint density at radius 3 is 2.70 bits per heavy atom. The van der Waals surface area contributed by atoms with Crippen molar-refractivity contribution in [3.8, 4) is 0 Å². The first kappa shape index (κ1) is 16.3. The Kier molecular flexibility index (Phi) is 5.55. The molecule has 0 unspecified atom stereocenters. The van der Waals surface area contributed by atoms with E-state index in [1.165, 1.54) is 31.3 Å². The zero-order valence-corrected chi connectivity index (χ0v) is 13.9. The first-order valence-electron chi connectivity index (χ1n) is 8.94. The average molecular weight is 316 g/mol. The van der Waals surface area contributed by atoms with Crippen LogP contribution in [-0.2, 0) is 15.1 Å². The Labute approximate surface area is 138 Å². The van der Waals surface area contributed by atoms with Gasteiger partial charge in [-0.2, -0.15) is 0 Å². The number of hydrogen-bond acceptors (Lipinski definition) is 2. The molecule has 4 nitrogen and oxygen atoms in total. The Bertz CT molecular complexity index is 528. The minimum absolute atomic E-state index is 0.115. The van der Waals surface area contributed by atoms with Gasteiger partial charge in [0, 0.05) is 32.2 Å². The summed E-state index contributed by atoms with van der Waals surface area (Å²) in [6.07, 6.45) is 14.9. The maximum atomic E-state index is 12.5. The second-order valence-corrected chi connectivity index (χ2v) is 6.81. The van der Waals surface area contributed by atoms with Crippen molar-refractivity contribution in [2.45, 2.75) is 56.9 Å². The number of nitrogens with one attached hydrogen (secondary N) is 1. The molecule has 1 aromatic rings. The van der Waals surface area contributed by atoms with Crippen molar-refractivity contribution in [1.82, 2.24) is 9.88 Å². The van der Waals surface area contributed by atoms with E-state index in [2.05, 4.69) is 28.4 Å². The molecule has 1 aromatic heterocycles. The Morgan fingerprint density at radius 1 is 1.22 bits per heavy atom. The minimum Gasteiger partial charge on any atom is -0.381 e. The lowest BCUT2D eigenvalue weighted by Gasteiger charge is -2.38. The lowest BCUT2D eigenvalue weighted by Crippen LogP contribution is -2.43. The van der Waals surface area contributed by atoms with Crippen molar-refractivity contribution in [1.29, 1.82) is 0 Å². The van der Waals surface area contributed by atoms with Gasteiger partial charge in [-0.15, -0.1) is 0 Å². The number of carbonyl (C=O) groups excluding carboxylic acids is 1. The van der Waals surface area contributed by atoms with E-state index in [0.29, 0.717) is 6.42 Å². The van der Waals surface area contributed by atoms with Crippen LogP contribution in [0.2, 0.25) is 0 Å². The topological polar surface area (TPSA) is 43.3 Å². The molecule has 0 bridgehead atoms. The molecule has 2 heterocycles. The van der Waals surface area contributed by atoms with Gasteiger partial charge in [0.1, 0.15) is 0 Å². The first-order chi connectivity index (χ1) is 11.3. The van der Waals surface area contributed by atoms with E-state index < -0.39 is 0 Å². The predicted octanol–water partition coefficient (Wildman–Crippen LogP) is 3.39. The first-order valence-corrected chi connectivity index (χ1v) is 8.94. The molecule has 0 radical (unpaired) electrons. The maximum absolute atomic E-state index is 12.5. The second-order valence-electron chi connectivity index (χ2n) is 6.81. The molecule has 1 N–H and O–H groups in total. The Balaban J connectivity index is 1.53. The molecule has 0 atom stereocenters. The smallest absolute Gasteiger partial charge is 0.222 e. The molecule has 3 rings (SSSR count). The van der Waals surface area contributed by atoms with Crippen LogP contribution in [0.1, 0.15) is 51.4 Å². The van der Waals surface area contributed by atoms with Crippen molar-refractivity contribution in [3.63, 3.8) is 0 Å². The number of rotatable bonds is 6. The summed E-state index contributed by atoms with van der Waals surface area (Å²) in [5.74, 6) is 0.164. The molecule has 1 aliphatic heterocycles. The third-order valence-corrected chi connectivity index (χ3v) is 5.22. The van der Waals surface area contributed by atoms with Crippen LogP contribution in [0.5, 0.6) is 0 Å². The van der Waals surface area contributed by atoms with Crippen LogP contribution in [0.15, 0.2) is 36.2 Å². The summed E-state index contributed by atoms with van der Waals surface area (Å²) in [4.78, 5) is 12.5. The van der Waals surface area contributed by atoms with Crippen LogP contribution < -0.4 is 5.32 Å². The van der Waals surface area contributed by atoms with Gasteiger partial charge in [-0.1, -0.05) is 11.6 Å². The van der Waals surface area contributed by atoms with E-state index in [9.17, 15) is 4.79 Å². The van der Waals surface area contributed by atoms with E-state index in [1.54, 1.807) is 0 Å². The summed E-state index contributed by atoms with van der Waals surface area (Å²) < 4.78 is 7.72. The molecule has 1 aliphatic carbocycles. The van der Waals surface area contributed by atoms with Crippen LogP contribution in [0.4, 0.5) is 0 Å². The van der Waals surface area contributed by atoms with Gasteiger partial charge in [0.25, 0.3) is 0 Å². The molecule has 23 heavy (non-hydrogen) atoms. The number of amides is 1. The molecule has 0 aromatic carbocycles. The van der Waals surface area contributed by atoms with Crippen LogP contribution >= 0.6 is 0 Å². The second kappa shape index (κ2) is 7.82. The number of aromatic nitrogens is 1. The Morgan fingerprint density at radius 2 is 2.00 bits per heavy atom. The van der Waals surface area contributed by atoms with Gasteiger partial charge in [0.05, 0.1) is 12.0 Å². The highest BCUT2D eigenvalue weighted by Crippen LogP contribution is 2.33. The molecule has 4 heteroatoms. The molecule has 1 saturated heterocycles. The number of nitrogens with zero attached hydrogens (tertiary/aromatic N) is 1. The van der Waals surface area contributed by atoms with Crippen LogP contribution in [0.25, 0.3) is 0 Å². The van der Waals surface area contributed by atoms with Crippen molar-refractivity contribution >= 4 is 5.91 Å². The number of ether oxygens (including phenoxy) is 1. The summed E-state index contributed by atoms with van der Waals surface area (Å²) in [6.45, 7) is 2.24. The fourth-order valence-electron chi connectivity index (χ4n) is 3.78. The van der Waals surface area contributed by atoms with Gasteiger partial charge >= 0.3 is 0 Å². The molecule has 0 saturated carbocycles. The zero-order chi connectivity index (χ0) is 16.0. The summed E-state index contributed by atoms with van der Waals surface area (Å²) in [7, 11) is 0. The van der Waals surface area contributed by atoms with Gasteiger partial charge in [-0.25, -0.2) is 0 Å². The van der Waals surface area contributed by atoms with Crippen molar-refractivity contribution < 1.29 is 9.53 Å². The number of allylic oxidation sites excluding steroid dienone is 1. The van der Waals surface area contributed by atoms with Gasteiger partial charge in [0.2, 0.25) is 5.91 Å². The van der Waals surface area contributed by atoms with Crippen molar-refractivity contribution in [2.75, 3.05) is 19.8 Å². The third kappa shape index (κ3) is 4.25. The third-order valence-electron chi connectivity index (χ3n) is 5.22. The summed E-state index contributed by atoms with van der Waals surface area (Å²) >= 11 is 0. The normalized spacial score (nSPS) is 20.8. The maximum Gasteiger partial charge on any atom is 0.222 e. The highest BCUT2D eigenvalue weighted by atomic mass is 16.5. The van der Waals surface area contributed by atoms with E-state index in [4.69, 9.17) is 4.74 Å². The lowest BCUT2D eigenvalue weighted by molar-refractivity contribution is -0.124. The quantitative estimate of drug-likeness (QED) is 0.818. The summed E-state index contributed by atoms with van der Waals surface area (Å²) in [5.41, 5.74) is 1.40. The zero-order valence-electron chi connectivity index (χ0n) is 13.9. The SMILES string of the molecule is O=C(CC1(n2cccc2)CCOCC1)NCCC1=CCCCC1. The van der Waals surface area contributed by atoms with Gasteiger partial charge in [-0.3, -0.25) is 4.79 Å². The average Bonchev–Trinajstić information content (AvgIpc) is 3.12. The number of hydrogen-bond donors (Lipinski definition) is 1. The summed E-state index contributed by atoms with van der Waals surface area (Å²) in [5, 5.41) is 3.13. The van der Waals surface area contributed by atoms with Crippen molar-refractivity contribution in [2.24, 2.45) is 0 Å². The molecule has 0 spiro atoms. The largest absolute Gasteiger partial charge is 0.381 e. The highest BCUT2D eigenvalue weighted by Gasteiger charge is 2.35. The van der Waals surface area contributed by atoms with E-state index in [-0.39, 0.29) is 11.4 Å². The summed E-state index contributed by atoms with van der Waals surface area (Å²) in [6, 6.07) is 4.06. The lowest BCUT2D eigenvalue weighted by atomic mass is 9.86. The molecule has 1 fully saturated rings. The monoisotopic (exact) mass is 316 g/mol. The minimum atomic E-state index is -0.115. The van der Waals surface area contributed by atoms with E-state index >= 15 is 0 Å². The van der Waals surface area contributed by atoms with Crippen LogP contribution in [0, 0.1) is 0 Å².